The Labute approximate surface area is 266 Å². The first kappa shape index (κ1) is 30.6. The van der Waals surface area contributed by atoms with Gasteiger partial charge in [-0.25, -0.2) is 4.98 Å². The number of benzene rings is 1. The van der Waals surface area contributed by atoms with Crippen molar-refractivity contribution in [1.82, 2.24) is 9.88 Å². The standard InChI is InChI=1S/C36H48N4O5/c1-23-20-29(31-30(21-23)40(26-12-18-44-19-13-26)35(43)36(31)14-15-36)32(34(41)42)39(2)27-10-11-28(22-27)45-17-4-3-7-25-9-8-24-6-5-16-37-33(24)38-25/h8-9,20-21,26-28,32H,3-7,10-19,22H2,1-2H3,(H,37,38)(H,41,42)/t27-,28-,32?/m0/s1. The molecule has 5 aliphatic rings. The van der Waals surface area contributed by atoms with Gasteiger partial charge in [-0.2, -0.15) is 0 Å². The Hall–Kier alpha value is -3.01. The van der Waals surface area contributed by atoms with Crippen LogP contribution in [0.4, 0.5) is 11.5 Å². The average molecular weight is 617 g/mol. The van der Waals surface area contributed by atoms with Gasteiger partial charge in [0, 0.05) is 49.8 Å². The van der Waals surface area contributed by atoms with Crippen molar-refractivity contribution >= 4 is 23.4 Å². The first-order valence-corrected chi connectivity index (χ1v) is 17.2. The predicted octanol–water partition coefficient (Wildman–Crippen LogP) is 5.32. The molecule has 45 heavy (non-hydrogen) atoms. The highest BCUT2D eigenvalue weighted by Crippen LogP contribution is 2.60. The van der Waals surface area contributed by atoms with E-state index in [0.29, 0.717) is 19.8 Å². The molecule has 1 aromatic heterocycles. The Balaban J connectivity index is 0.993. The van der Waals surface area contributed by atoms with E-state index in [1.54, 1.807) is 0 Å². The highest BCUT2D eigenvalue weighted by molar-refractivity contribution is 6.11. The zero-order chi connectivity index (χ0) is 31.1. The van der Waals surface area contributed by atoms with Crippen LogP contribution in [0.15, 0.2) is 24.3 Å². The molecule has 0 radical (unpaired) electrons. The van der Waals surface area contributed by atoms with Crippen LogP contribution in [0, 0.1) is 6.92 Å². The molecule has 1 saturated heterocycles. The van der Waals surface area contributed by atoms with E-state index in [-0.39, 0.29) is 24.1 Å². The zero-order valence-electron chi connectivity index (χ0n) is 26.9. The largest absolute Gasteiger partial charge is 0.480 e. The molecule has 7 rings (SSSR count). The van der Waals surface area contributed by atoms with Crippen molar-refractivity contribution in [1.29, 1.82) is 0 Å². The fraction of sp³-hybridized carbons (Fsp3) is 0.639. The van der Waals surface area contributed by atoms with Crippen molar-refractivity contribution in [2.24, 2.45) is 0 Å². The van der Waals surface area contributed by atoms with Crippen molar-refractivity contribution in [2.45, 2.75) is 114 Å². The molecule has 3 aliphatic heterocycles. The summed E-state index contributed by atoms with van der Waals surface area (Å²) in [6.45, 7) is 5.05. The summed E-state index contributed by atoms with van der Waals surface area (Å²) in [6.07, 6.45) is 11.3. The second-order valence-corrected chi connectivity index (χ2v) is 14.0. The molecular formula is C36H48N4O5. The highest BCUT2D eigenvalue weighted by atomic mass is 16.5. The van der Waals surface area contributed by atoms with Gasteiger partial charge in [0.1, 0.15) is 11.9 Å². The van der Waals surface area contributed by atoms with Gasteiger partial charge >= 0.3 is 5.97 Å². The van der Waals surface area contributed by atoms with Crippen LogP contribution in [0.1, 0.15) is 98.2 Å². The summed E-state index contributed by atoms with van der Waals surface area (Å²) in [6, 6.07) is 7.94. The van der Waals surface area contributed by atoms with Gasteiger partial charge in [0.15, 0.2) is 0 Å². The number of hydrogen-bond donors (Lipinski definition) is 2. The lowest BCUT2D eigenvalue weighted by Crippen LogP contribution is -2.43. The number of unbranched alkanes of at least 4 members (excludes halogenated alkanes) is 1. The number of pyridine rings is 1. The lowest BCUT2D eigenvalue weighted by molar-refractivity contribution is -0.144. The predicted molar refractivity (Wildman–Crippen MR) is 173 cm³/mol. The van der Waals surface area contributed by atoms with Crippen LogP contribution in [-0.2, 0) is 37.3 Å². The molecule has 9 heteroatoms. The van der Waals surface area contributed by atoms with E-state index in [0.717, 1.165) is 111 Å². The third kappa shape index (κ3) is 5.87. The molecule has 1 amide bonds. The molecular weight excluding hydrogens is 568 g/mol. The molecule has 3 atom stereocenters. The summed E-state index contributed by atoms with van der Waals surface area (Å²) >= 11 is 0. The summed E-state index contributed by atoms with van der Waals surface area (Å²) in [5, 5.41) is 14.1. The summed E-state index contributed by atoms with van der Waals surface area (Å²) < 4.78 is 11.9. The van der Waals surface area contributed by atoms with Crippen LogP contribution in [-0.4, -0.2) is 78.5 Å². The number of aromatic nitrogens is 1. The first-order valence-electron chi connectivity index (χ1n) is 17.2. The second-order valence-electron chi connectivity index (χ2n) is 14.0. The van der Waals surface area contributed by atoms with E-state index in [1.807, 2.05) is 29.8 Å². The van der Waals surface area contributed by atoms with Crippen LogP contribution in [0.5, 0.6) is 0 Å². The number of carbonyl (C=O) groups is 2. The van der Waals surface area contributed by atoms with E-state index in [4.69, 9.17) is 14.5 Å². The Morgan fingerprint density at radius 3 is 2.80 bits per heavy atom. The van der Waals surface area contributed by atoms with Crippen LogP contribution in [0.3, 0.4) is 0 Å². The maximum atomic E-state index is 14.0. The summed E-state index contributed by atoms with van der Waals surface area (Å²) in [5.41, 5.74) is 5.61. The quantitative estimate of drug-likeness (QED) is 0.327. The van der Waals surface area contributed by atoms with Crippen molar-refractivity contribution in [3.63, 3.8) is 0 Å². The molecule has 1 spiro atoms. The number of nitrogens with zero attached hydrogens (tertiary/aromatic N) is 3. The van der Waals surface area contributed by atoms with Crippen molar-refractivity contribution < 1.29 is 24.2 Å². The second kappa shape index (κ2) is 12.6. The molecule has 3 fully saturated rings. The van der Waals surface area contributed by atoms with E-state index in [1.165, 1.54) is 12.0 Å². The zero-order valence-corrected chi connectivity index (χ0v) is 26.9. The van der Waals surface area contributed by atoms with Crippen LogP contribution in [0.25, 0.3) is 0 Å². The lowest BCUT2D eigenvalue weighted by atomic mass is 9.87. The normalized spacial score (nSPS) is 24.5. The van der Waals surface area contributed by atoms with E-state index in [2.05, 4.69) is 23.5 Å². The molecule has 2 saturated carbocycles. The number of nitrogens with one attached hydrogen (secondary N) is 1. The van der Waals surface area contributed by atoms with Gasteiger partial charge in [0.2, 0.25) is 5.91 Å². The number of hydrogen-bond acceptors (Lipinski definition) is 7. The minimum absolute atomic E-state index is 0.110. The minimum atomic E-state index is -0.853. The highest BCUT2D eigenvalue weighted by Gasteiger charge is 2.62. The summed E-state index contributed by atoms with van der Waals surface area (Å²) in [4.78, 5) is 35.9. The van der Waals surface area contributed by atoms with Gasteiger partial charge in [0.05, 0.1) is 11.5 Å². The molecule has 2 N–H and O–H groups in total. The van der Waals surface area contributed by atoms with E-state index in [9.17, 15) is 14.7 Å². The van der Waals surface area contributed by atoms with Crippen LogP contribution < -0.4 is 10.2 Å². The molecule has 9 nitrogen and oxygen atoms in total. The number of carbonyl (C=O) groups excluding carboxylic acids is 1. The Morgan fingerprint density at radius 2 is 2.02 bits per heavy atom. The van der Waals surface area contributed by atoms with Gasteiger partial charge in [-0.05, 0) is 125 Å². The molecule has 2 aromatic rings. The van der Waals surface area contributed by atoms with Gasteiger partial charge in [-0.3, -0.25) is 14.5 Å². The molecule has 1 unspecified atom stereocenters. The van der Waals surface area contributed by atoms with Gasteiger partial charge in [-0.15, -0.1) is 0 Å². The number of ether oxygens (including phenoxy) is 2. The number of carboxylic acid groups (broad SMARTS) is 1. The summed E-state index contributed by atoms with van der Waals surface area (Å²) in [7, 11) is 1.95. The van der Waals surface area contributed by atoms with Crippen LogP contribution >= 0.6 is 0 Å². The van der Waals surface area contributed by atoms with Gasteiger partial charge < -0.3 is 24.8 Å². The third-order valence-corrected chi connectivity index (χ3v) is 11.0. The monoisotopic (exact) mass is 616 g/mol. The smallest absolute Gasteiger partial charge is 0.325 e. The molecule has 0 bridgehead atoms. The fourth-order valence-electron chi connectivity index (χ4n) is 8.41. The van der Waals surface area contributed by atoms with Crippen molar-refractivity contribution in [3.8, 4) is 0 Å². The number of aliphatic carboxylic acids is 1. The summed E-state index contributed by atoms with van der Waals surface area (Å²) in [5.74, 6) is 0.367. The molecule has 242 valence electrons. The number of anilines is 2. The number of carboxylic acids is 1. The van der Waals surface area contributed by atoms with Crippen molar-refractivity contribution in [2.75, 3.05) is 43.6 Å². The third-order valence-electron chi connectivity index (χ3n) is 11.0. The molecule has 2 aliphatic carbocycles. The fourth-order valence-corrected chi connectivity index (χ4v) is 8.41. The maximum Gasteiger partial charge on any atom is 0.325 e. The maximum absolute atomic E-state index is 14.0. The number of aryl methyl sites for hydroxylation is 3. The number of rotatable bonds is 11. The SMILES string of the molecule is Cc1cc(C(C(=O)O)N(C)[C@H]2CC[C@H](OCCCCc3ccc4c(n3)NCCC4)C2)c2c(c1)N(C1CCOCC1)C(=O)C21CC1. The van der Waals surface area contributed by atoms with Crippen molar-refractivity contribution in [3.05, 3.63) is 52.2 Å². The topological polar surface area (TPSA) is 104 Å². The lowest BCUT2D eigenvalue weighted by Gasteiger charge is -2.33. The Morgan fingerprint density at radius 1 is 1.20 bits per heavy atom. The minimum Gasteiger partial charge on any atom is -0.480 e. The van der Waals surface area contributed by atoms with Crippen LogP contribution in [0.2, 0.25) is 0 Å². The average Bonchev–Trinajstić information content (AvgIpc) is 3.63. The van der Waals surface area contributed by atoms with E-state index < -0.39 is 17.4 Å². The number of likely N-dealkylation sites (N-methyl/N-ethyl adjacent to an activating group) is 1. The molecule has 4 heterocycles. The van der Waals surface area contributed by atoms with Gasteiger partial charge in [0.25, 0.3) is 0 Å². The molecule has 1 aromatic carbocycles. The number of fused-ring (bicyclic) bond motifs is 3. The Bertz CT molecular complexity index is 1430. The first-order chi connectivity index (χ1) is 21.9. The van der Waals surface area contributed by atoms with E-state index >= 15 is 0 Å². The Kier molecular flexibility index (Phi) is 8.61. The van der Waals surface area contributed by atoms with Gasteiger partial charge in [-0.1, -0.05) is 12.1 Å². The number of amides is 1.